The van der Waals surface area contributed by atoms with Crippen LogP contribution in [0.25, 0.3) is 10.9 Å². The average molecular weight is 450 g/mol. The summed E-state index contributed by atoms with van der Waals surface area (Å²) in [7, 11) is 0. The van der Waals surface area contributed by atoms with Gasteiger partial charge in [-0.1, -0.05) is 12.1 Å². The van der Waals surface area contributed by atoms with Crippen molar-refractivity contribution in [3.05, 3.63) is 82.7 Å². The molecule has 2 heterocycles. The van der Waals surface area contributed by atoms with Gasteiger partial charge in [0.15, 0.2) is 0 Å². The Morgan fingerprint density at radius 1 is 1.14 bits per heavy atom. The number of nitrogens with one attached hydrogen (secondary N) is 2. The molecule has 0 radical (unpaired) electrons. The van der Waals surface area contributed by atoms with Gasteiger partial charge in [0, 0.05) is 36.0 Å². The van der Waals surface area contributed by atoms with Crippen LogP contribution in [-0.4, -0.2) is 20.7 Å². The molecule has 4 rings (SSSR count). The highest BCUT2D eigenvalue weighted by Gasteiger charge is 2.12. The number of nitrogens with zero attached hydrogens (tertiary/aromatic N) is 3. The number of fused-ring (bicyclic) bond motifs is 1. The van der Waals surface area contributed by atoms with E-state index in [2.05, 4.69) is 36.6 Å². The first kappa shape index (κ1) is 19.1. The summed E-state index contributed by atoms with van der Waals surface area (Å²) in [6, 6.07) is 17.2. The van der Waals surface area contributed by atoms with Gasteiger partial charge < -0.3 is 10.6 Å². The lowest BCUT2D eigenvalue weighted by Crippen LogP contribution is -2.15. The molecule has 0 saturated heterocycles. The maximum atomic E-state index is 12.9. The molecular weight excluding hydrogens is 430 g/mol. The van der Waals surface area contributed by atoms with Crippen molar-refractivity contribution in [3.8, 4) is 0 Å². The van der Waals surface area contributed by atoms with Crippen LogP contribution in [0, 0.1) is 0 Å². The minimum atomic E-state index is -0.161. The van der Waals surface area contributed by atoms with Crippen molar-refractivity contribution in [3.63, 3.8) is 0 Å². The van der Waals surface area contributed by atoms with Gasteiger partial charge in [0.1, 0.15) is 4.60 Å². The van der Waals surface area contributed by atoms with Crippen molar-refractivity contribution in [1.82, 2.24) is 14.8 Å². The number of aryl methyl sites for hydroxylation is 1. The van der Waals surface area contributed by atoms with Crippen molar-refractivity contribution >= 4 is 44.1 Å². The van der Waals surface area contributed by atoms with Crippen molar-refractivity contribution in [2.24, 2.45) is 0 Å². The van der Waals surface area contributed by atoms with E-state index in [9.17, 15) is 4.79 Å². The average Bonchev–Trinajstić information content (AvgIpc) is 3.15. The highest BCUT2D eigenvalue weighted by molar-refractivity contribution is 9.10. The number of rotatable bonds is 6. The topological polar surface area (TPSA) is 71.8 Å². The molecule has 2 aromatic carbocycles. The molecular formula is C22H20BrN5O. The Morgan fingerprint density at radius 3 is 2.83 bits per heavy atom. The summed E-state index contributed by atoms with van der Waals surface area (Å²) in [5.74, 6) is -0.161. The van der Waals surface area contributed by atoms with Crippen LogP contribution in [0.15, 0.2) is 71.6 Å². The Kier molecular flexibility index (Phi) is 5.57. The zero-order valence-electron chi connectivity index (χ0n) is 15.9. The monoisotopic (exact) mass is 449 g/mol. The molecule has 2 N–H and O–H groups in total. The molecule has 0 unspecified atom stereocenters. The maximum Gasteiger partial charge on any atom is 0.257 e. The first-order valence-corrected chi connectivity index (χ1v) is 10.1. The number of carbonyl (C=O) groups is 1. The zero-order valence-corrected chi connectivity index (χ0v) is 17.5. The number of amides is 1. The fourth-order valence-corrected chi connectivity index (χ4v) is 3.60. The molecule has 6 nitrogen and oxygen atoms in total. The van der Waals surface area contributed by atoms with Gasteiger partial charge in [-0.3, -0.25) is 9.48 Å². The summed E-state index contributed by atoms with van der Waals surface area (Å²) in [6.07, 6.45) is 3.58. The Morgan fingerprint density at radius 2 is 2.00 bits per heavy atom. The highest BCUT2D eigenvalue weighted by Crippen LogP contribution is 2.22. The van der Waals surface area contributed by atoms with Crippen LogP contribution in [0.2, 0.25) is 0 Å². The van der Waals surface area contributed by atoms with Gasteiger partial charge >= 0.3 is 0 Å². The largest absolute Gasteiger partial charge is 0.380 e. The summed E-state index contributed by atoms with van der Waals surface area (Å²) in [6.45, 7) is 3.41. The van der Waals surface area contributed by atoms with E-state index < -0.39 is 0 Å². The van der Waals surface area contributed by atoms with Gasteiger partial charge in [-0.05, 0) is 70.9 Å². The molecule has 0 saturated carbocycles. The van der Waals surface area contributed by atoms with Gasteiger partial charge in [0.2, 0.25) is 0 Å². The summed E-state index contributed by atoms with van der Waals surface area (Å²) in [5, 5.41) is 11.7. The van der Waals surface area contributed by atoms with Gasteiger partial charge in [0.25, 0.3) is 5.91 Å². The first-order chi connectivity index (χ1) is 14.1. The number of hydrogen-bond acceptors (Lipinski definition) is 4. The lowest BCUT2D eigenvalue weighted by molar-refractivity contribution is 0.102. The van der Waals surface area contributed by atoms with Crippen LogP contribution >= 0.6 is 15.9 Å². The molecule has 29 heavy (non-hydrogen) atoms. The number of aromatic nitrogens is 3. The van der Waals surface area contributed by atoms with Crippen LogP contribution in [0.3, 0.4) is 0 Å². The van der Waals surface area contributed by atoms with Crippen LogP contribution < -0.4 is 10.6 Å². The van der Waals surface area contributed by atoms with Gasteiger partial charge in [0.05, 0.1) is 17.3 Å². The molecule has 0 aliphatic rings. The minimum absolute atomic E-state index is 0.161. The van der Waals surface area contributed by atoms with E-state index in [1.165, 1.54) is 0 Å². The number of benzene rings is 2. The molecule has 0 aliphatic heterocycles. The van der Waals surface area contributed by atoms with E-state index in [1.807, 2.05) is 72.4 Å². The van der Waals surface area contributed by atoms with Crippen molar-refractivity contribution in [2.45, 2.75) is 20.0 Å². The normalized spacial score (nSPS) is 10.8. The molecule has 2 aromatic heterocycles. The second-order valence-corrected chi connectivity index (χ2v) is 7.39. The van der Waals surface area contributed by atoms with Gasteiger partial charge in [-0.2, -0.15) is 5.10 Å². The van der Waals surface area contributed by atoms with E-state index in [-0.39, 0.29) is 5.91 Å². The highest BCUT2D eigenvalue weighted by atomic mass is 79.9. The van der Waals surface area contributed by atoms with E-state index in [0.717, 1.165) is 39.0 Å². The number of anilines is 2. The number of pyridine rings is 1. The number of hydrogen-bond donors (Lipinski definition) is 2. The van der Waals surface area contributed by atoms with E-state index in [0.29, 0.717) is 12.1 Å². The molecule has 1 amide bonds. The molecule has 0 fully saturated rings. The van der Waals surface area contributed by atoms with Crippen LogP contribution in [-0.2, 0) is 13.1 Å². The van der Waals surface area contributed by atoms with Crippen molar-refractivity contribution in [2.75, 3.05) is 10.6 Å². The van der Waals surface area contributed by atoms with Crippen LogP contribution in [0.5, 0.6) is 0 Å². The number of halogens is 1. The van der Waals surface area contributed by atoms with E-state index >= 15 is 0 Å². The summed E-state index contributed by atoms with van der Waals surface area (Å²) < 4.78 is 2.69. The van der Waals surface area contributed by atoms with Gasteiger partial charge in [-0.15, -0.1) is 0 Å². The molecule has 0 aliphatic carbocycles. The third kappa shape index (κ3) is 4.30. The van der Waals surface area contributed by atoms with Crippen molar-refractivity contribution < 1.29 is 4.79 Å². The SMILES string of the molecule is CCn1ncc2ccc(NC(=O)c3ccccc3NCc3ccnc(Br)c3)cc21. The first-order valence-electron chi connectivity index (χ1n) is 9.34. The summed E-state index contributed by atoms with van der Waals surface area (Å²) in [4.78, 5) is 17.1. The Balaban J connectivity index is 1.53. The Hall–Kier alpha value is -3.19. The maximum absolute atomic E-state index is 12.9. The standard InChI is InChI=1S/C22H20BrN5O/c1-2-28-20-12-17(8-7-16(20)14-26-28)27-22(29)18-5-3-4-6-19(18)25-13-15-9-10-24-21(23)11-15/h3-12,14,25H,2,13H2,1H3,(H,27,29). The molecule has 7 heteroatoms. The number of carbonyl (C=O) groups excluding carboxylic acids is 1. The fraction of sp³-hybridized carbons (Fsp3) is 0.136. The molecule has 4 aromatic rings. The molecule has 146 valence electrons. The van der Waals surface area contributed by atoms with Crippen LogP contribution in [0.1, 0.15) is 22.8 Å². The predicted octanol–water partition coefficient (Wildman–Crippen LogP) is 5.08. The second-order valence-electron chi connectivity index (χ2n) is 6.57. The number of para-hydroxylation sites is 1. The smallest absolute Gasteiger partial charge is 0.257 e. The Labute approximate surface area is 177 Å². The minimum Gasteiger partial charge on any atom is -0.380 e. The lowest BCUT2D eigenvalue weighted by Gasteiger charge is -2.13. The Bertz CT molecular complexity index is 1170. The lowest BCUT2D eigenvalue weighted by atomic mass is 10.1. The third-order valence-electron chi connectivity index (χ3n) is 4.65. The predicted molar refractivity (Wildman–Crippen MR) is 119 cm³/mol. The molecule has 0 atom stereocenters. The van der Waals surface area contributed by atoms with Gasteiger partial charge in [-0.25, -0.2) is 4.98 Å². The third-order valence-corrected chi connectivity index (χ3v) is 5.08. The quantitative estimate of drug-likeness (QED) is 0.402. The van der Waals surface area contributed by atoms with Crippen molar-refractivity contribution in [1.29, 1.82) is 0 Å². The van der Waals surface area contributed by atoms with Crippen LogP contribution in [0.4, 0.5) is 11.4 Å². The van der Waals surface area contributed by atoms with E-state index in [1.54, 1.807) is 6.20 Å². The molecule has 0 bridgehead atoms. The molecule has 0 spiro atoms. The zero-order chi connectivity index (χ0) is 20.2. The summed E-state index contributed by atoms with van der Waals surface area (Å²) in [5.41, 5.74) is 4.17. The summed E-state index contributed by atoms with van der Waals surface area (Å²) >= 11 is 3.38. The van der Waals surface area contributed by atoms with E-state index in [4.69, 9.17) is 0 Å². The fourth-order valence-electron chi connectivity index (χ4n) is 3.18. The second kappa shape index (κ2) is 8.45.